The molecule has 0 bridgehead atoms. The Kier molecular flexibility index (Phi) is 7.05. The van der Waals surface area contributed by atoms with Gasteiger partial charge in [0.1, 0.15) is 0 Å². The zero-order valence-corrected chi connectivity index (χ0v) is 12.9. The predicted molar refractivity (Wildman–Crippen MR) is 82.7 cm³/mol. The molecule has 116 valence electrons. The molecule has 0 amide bonds. The van der Waals surface area contributed by atoms with E-state index < -0.39 is 0 Å². The van der Waals surface area contributed by atoms with Crippen molar-refractivity contribution in [1.29, 1.82) is 0 Å². The summed E-state index contributed by atoms with van der Waals surface area (Å²) in [6.07, 6.45) is 13.0. The monoisotopic (exact) mass is 281 g/mol. The molecule has 3 nitrogen and oxygen atoms in total. The molecule has 3 atom stereocenters. The smallest absolute Gasteiger partial charge is 0.0897 e. The van der Waals surface area contributed by atoms with Crippen molar-refractivity contribution in [1.82, 2.24) is 5.32 Å². The Bertz CT molecular complexity index is 287. The second kappa shape index (κ2) is 8.81. The van der Waals surface area contributed by atoms with Gasteiger partial charge in [-0.15, -0.1) is 0 Å². The van der Waals surface area contributed by atoms with Crippen molar-refractivity contribution in [2.45, 2.75) is 64.0 Å². The average Bonchev–Trinajstić information content (AvgIpc) is 2.48. The highest BCUT2D eigenvalue weighted by Gasteiger charge is 2.19. The number of nitrogens with one attached hydrogen (secondary N) is 1. The number of aliphatic hydroxyl groups is 1. The lowest BCUT2D eigenvalue weighted by Crippen LogP contribution is -2.38. The highest BCUT2D eigenvalue weighted by atomic mass is 16.5. The van der Waals surface area contributed by atoms with E-state index >= 15 is 0 Å². The van der Waals surface area contributed by atoms with Crippen LogP contribution in [-0.2, 0) is 4.74 Å². The zero-order valence-electron chi connectivity index (χ0n) is 12.9. The fourth-order valence-electron chi connectivity index (χ4n) is 3.26. The third kappa shape index (κ3) is 5.55. The second-order valence-corrected chi connectivity index (χ2v) is 6.61. The van der Waals surface area contributed by atoms with Crippen LogP contribution in [0, 0.1) is 11.8 Å². The Hall–Kier alpha value is -0.380. The molecule has 1 fully saturated rings. The first-order valence-corrected chi connectivity index (χ1v) is 8.40. The van der Waals surface area contributed by atoms with Gasteiger partial charge < -0.3 is 15.2 Å². The molecule has 0 saturated heterocycles. The second-order valence-electron chi connectivity index (χ2n) is 6.61. The van der Waals surface area contributed by atoms with Crippen LogP contribution >= 0.6 is 0 Å². The van der Waals surface area contributed by atoms with Crippen LogP contribution in [0.1, 0.15) is 51.9 Å². The molecule has 1 saturated carbocycles. The molecule has 0 radical (unpaired) electrons. The third-order valence-electron chi connectivity index (χ3n) is 4.81. The largest absolute Gasteiger partial charge is 0.389 e. The maximum atomic E-state index is 9.97. The molecular formula is C17H31NO2. The van der Waals surface area contributed by atoms with Crippen LogP contribution < -0.4 is 5.32 Å². The summed E-state index contributed by atoms with van der Waals surface area (Å²) < 4.78 is 5.72. The van der Waals surface area contributed by atoms with Gasteiger partial charge in [-0.2, -0.15) is 0 Å². The summed E-state index contributed by atoms with van der Waals surface area (Å²) in [7, 11) is 0. The first-order chi connectivity index (χ1) is 9.75. The minimum atomic E-state index is -0.369. The third-order valence-corrected chi connectivity index (χ3v) is 4.81. The number of hydrogen-bond acceptors (Lipinski definition) is 3. The molecule has 0 aromatic rings. The summed E-state index contributed by atoms with van der Waals surface area (Å²) in [4.78, 5) is 0. The normalized spacial score (nSPS) is 29.5. The number of allylic oxidation sites excluding steroid dienone is 2. The van der Waals surface area contributed by atoms with Crippen LogP contribution in [0.4, 0.5) is 0 Å². The molecule has 0 spiro atoms. The van der Waals surface area contributed by atoms with Gasteiger partial charge in [-0.05, 0) is 37.5 Å². The molecule has 2 N–H and O–H groups in total. The van der Waals surface area contributed by atoms with Crippen molar-refractivity contribution >= 4 is 0 Å². The Morgan fingerprint density at radius 3 is 2.70 bits per heavy atom. The van der Waals surface area contributed by atoms with Gasteiger partial charge in [-0.25, -0.2) is 0 Å². The molecule has 0 aliphatic heterocycles. The van der Waals surface area contributed by atoms with Gasteiger partial charge in [-0.3, -0.25) is 0 Å². The number of rotatable bonds is 7. The Balaban J connectivity index is 1.53. The van der Waals surface area contributed by atoms with E-state index in [0.29, 0.717) is 31.0 Å². The molecule has 3 unspecified atom stereocenters. The maximum absolute atomic E-state index is 9.97. The lowest BCUT2D eigenvalue weighted by molar-refractivity contribution is 0.0115. The first-order valence-electron chi connectivity index (χ1n) is 8.40. The van der Waals surface area contributed by atoms with E-state index in [9.17, 15) is 5.11 Å². The molecule has 0 aromatic carbocycles. The summed E-state index contributed by atoms with van der Waals surface area (Å²) in [6, 6.07) is 0.613. The van der Waals surface area contributed by atoms with E-state index in [1.54, 1.807) is 0 Å². The summed E-state index contributed by atoms with van der Waals surface area (Å²) >= 11 is 0. The van der Waals surface area contributed by atoms with Crippen molar-refractivity contribution in [2.24, 2.45) is 11.8 Å². The van der Waals surface area contributed by atoms with E-state index in [4.69, 9.17) is 4.74 Å². The minimum absolute atomic E-state index is 0.369. The van der Waals surface area contributed by atoms with E-state index in [0.717, 1.165) is 13.0 Å². The van der Waals surface area contributed by atoms with Crippen LogP contribution in [0.25, 0.3) is 0 Å². The summed E-state index contributed by atoms with van der Waals surface area (Å²) in [5.74, 6) is 1.33. The van der Waals surface area contributed by atoms with Crippen molar-refractivity contribution < 1.29 is 9.84 Å². The molecule has 20 heavy (non-hydrogen) atoms. The molecule has 0 heterocycles. The lowest BCUT2D eigenvalue weighted by Gasteiger charge is -2.26. The van der Waals surface area contributed by atoms with Gasteiger partial charge in [-0.1, -0.05) is 38.3 Å². The van der Waals surface area contributed by atoms with E-state index in [1.807, 2.05) is 0 Å². The fraction of sp³-hybridized carbons (Fsp3) is 0.882. The fourth-order valence-corrected chi connectivity index (χ4v) is 3.26. The zero-order chi connectivity index (χ0) is 14.2. The Morgan fingerprint density at radius 1 is 1.20 bits per heavy atom. The van der Waals surface area contributed by atoms with E-state index in [-0.39, 0.29) is 6.10 Å². The molecule has 2 aliphatic rings. The van der Waals surface area contributed by atoms with Crippen molar-refractivity contribution in [3.05, 3.63) is 12.2 Å². The van der Waals surface area contributed by atoms with Crippen LogP contribution in [0.15, 0.2) is 12.2 Å². The quantitative estimate of drug-likeness (QED) is 0.705. The number of aliphatic hydroxyl groups excluding tert-OH is 1. The molecule has 2 aliphatic carbocycles. The number of hydrogen-bond donors (Lipinski definition) is 2. The average molecular weight is 281 g/mol. The highest BCUT2D eigenvalue weighted by molar-refractivity contribution is 4.93. The van der Waals surface area contributed by atoms with Gasteiger partial charge in [0.15, 0.2) is 0 Å². The van der Waals surface area contributed by atoms with Gasteiger partial charge in [0.05, 0.1) is 19.3 Å². The van der Waals surface area contributed by atoms with Crippen LogP contribution in [0.2, 0.25) is 0 Å². The summed E-state index contributed by atoms with van der Waals surface area (Å²) in [5, 5.41) is 13.5. The standard InChI is InChI=1S/C17H31NO2/c1-14-7-5-6-8-15(14)12-20-13-17(19)11-18-16-9-3-2-4-10-16/h5-6,14-19H,2-4,7-13H2,1H3. The molecule has 2 rings (SSSR count). The van der Waals surface area contributed by atoms with Gasteiger partial charge in [0.25, 0.3) is 0 Å². The molecule has 3 heteroatoms. The summed E-state index contributed by atoms with van der Waals surface area (Å²) in [5.41, 5.74) is 0. The van der Waals surface area contributed by atoms with Crippen molar-refractivity contribution in [3.8, 4) is 0 Å². The lowest BCUT2D eigenvalue weighted by atomic mass is 9.85. The van der Waals surface area contributed by atoms with Gasteiger partial charge in [0.2, 0.25) is 0 Å². The first kappa shape index (κ1) is 16.0. The van der Waals surface area contributed by atoms with Crippen LogP contribution in [0.3, 0.4) is 0 Å². The van der Waals surface area contributed by atoms with Crippen molar-refractivity contribution in [3.63, 3.8) is 0 Å². The molecular weight excluding hydrogens is 250 g/mol. The predicted octanol–water partition coefficient (Wildman–Crippen LogP) is 2.89. The van der Waals surface area contributed by atoms with Crippen LogP contribution in [-0.4, -0.2) is 37.0 Å². The number of ether oxygens (including phenoxy) is 1. The van der Waals surface area contributed by atoms with E-state index in [1.165, 1.54) is 38.5 Å². The summed E-state index contributed by atoms with van der Waals surface area (Å²) in [6.45, 7) is 4.21. The maximum Gasteiger partial charge on any atom is 0.0897 e. The highest BCUT2D eigenvalue weighted by Crippen LogP contribution is 2.25. The minimum Gasteiger partial charge on any atom is -0.389 e. The Morgan fingerprint density at radius 2 is 1.95 bits per heavy atom. The van der Waals surface area contributed by atoms with Crippen LogP contribution in [0.5, 0.6) is 0 Å². The molecule has 0 aromatic heterocycles. The van der Waals surface area contributed by atoms with E-state index in [2.05, 4.69) is 24.4 Å². The Labute approximate surface area is 123 Å². The van der Waals surface area contributed by atoms with Gasteiger partial charge in [0, 0.05) is 12.6 Å². The van der Waals surface area contributed by atoms with Crippen molar-refractivity contribution in [2.75, 3.05) is 19.8 Å². The SMILES string of the molecule is CC1CC=CCC1COCC(O)CNC1CCCCC1. The van der Waals surface area contributed by atoms with Gasteiger partial charge >= 0.3 is 0 Å². The topological polar surface area (TPSA) is 41.5 Å².